The number of rotatable bonds is 5. The van der Waals surface area contributed by atoms with Gasteiger partial charge in [0, 0.05) is 10.5 Å². The fourth-order valence-electron chi connectivity index (χ4n) is 2.55. The Labute approximate surface area is 163 Å². The molecule has 140 valence electrons. The van der Waals surface area contributed by atoms with Crippen LogP contribution in [0.4, 0.5) is 19.3 Å². The molecule has 0 aliphatic rings. The summed E-state index contributed by atoms with van der Waals surface area (Å²) in [5.41, 5.74) is 1.79. The second-order valence-corrected chi connectivity index (χ2v) is 7.48. The Hall–Kier alpha value is -2.45. The first kappa shape index (κ1) is 19.3. The lowest BCUT2D eigenvalue weighted by Crippen LogP contribution is -2.17. The highest BCUT2D eigenvalue weighted by atomic mass is 32.2. The van der Waals surface area contributed by atoms with Crippen LogP contribution in [-0.4, -0.2) is 17.3 Å². The number of nitrogens with one attached hydrogen (secondary N) is 1. The predicted molar refractivity (Wildman–Crippen MR) is 105 cm³/mol. The lowest BCUT2D eigenvalue weighted by atomic mass is 10.0. The molecule has 1 amide bonds. The van der Waals surface area contributed by atoms with Crippen molar-refractivity contribution < 1.29 is 18.3 Å². The number of aromatic nitrogens is 1. The molecule has 0 aliphatic heterocycles. The second-order valence-electron chi connectivity index (χ2n) is 5.47. The molecule has 27 heavy (non-hydrogen) atoms. The maximum Gasteiger partial charge on any atom is 0.417 e. The topological polar surface area (TPSA) is 51.2 Å². The molecule has 1 N–H and O–H groups in total. The Balaban J connectivity index is 1.86. The molecule has 1 heterocycles. The highest BCUT2D eigenvalue weighted by Gasteiger charge is 2.22. The Morgan fingerprint density at radius 1 is 1.15 bits per heavy atom. The molecule has 3 aromatic rings. The molecule has 0 aliphatic carbocycles. The number of alkyl halides is 2. The number of halogens is 2. The first-order valence-electron chi connectivity index (χ1n) is 7.96. The van der Waals surface area contributed by atoms with Gasteiger partial charge in [0.15, 0.2) is 5.69 Å². The standard InChI is InChI=1S/C19H16F2N2O2S2/c1-11-22-16(17(20)21)18(27-11)25-19(24)23-14-9-5-3-7-12(14)13-8-4-6-10-15(13)26-2/h3-10,17H,1-2H3,(H,23,24). The van der Waals surface area contributed by atoms with Crippen molar-refractivity contribution in [1.29, 1.82) is 0 Å². The maximum atomic E-state index is 13.0. The number of aryl methyl sites for hydroxylation is 1. The van der Waals surface area contributed by atoms with Gasteiger partial charge in [-0.2, -0.15) is 0 Å². The van der Waals surface area contributed by atoms with E-state index in [9.17, 15) is 13.6 Å². The number of anilines is 1. The zero-order valence-corrected chi connectivity index (χ0v) is 16.2. The van der Waals surface area contributed by atoms with Gasteiger partial charge in [0.25, 0.3) is 6.43 Å². The van der Waals surface area contributed by atoms with Crippen molar-refractivity contribution in [2.75, 3.05) is 11.6 Å². The molecule has 0 spiro atoms. The summed E-state index contributed by atoms with van der Waals surface area (Å²) in [5.74, 6) is 0. The third-order valence-corrected chi connectivity index (χ3v) is 5.34. The minimum absolute atomic E-state index is 0.193. The van der Waals surface area contributed by atoms with E-state index in [-0.39, 0.29) is 5.06 Å². The van der Waals surface area contributed by atoms with Crippen LogP contribution in [-0.2, 0) is 0 Å². The van der Waals surface area contributed by atoms with Crippen molar-refractivity contribution in [1.82, 2.24) is 4.98 Å². The summed E-state index contributed by atoms with van der Waals surface area (Å²) < 4.78 is 31.1. The third kappa shape index (κ3) is 4.45. The highest BCUT2D eigenvalue weighted by Crippen LogP contribution is 2.36. The van der Waals surface area contributed by atoms with Crippen LogP contribution >= 0.6 is 23.1 Å². The normalized spacial score (nSPS) is 10.9. The number of hydrogen-bond donors (Lipinski definition) is 1. The molecule has 0 unspecified atom stereocenters. The van der Waals surface area contributed by atoms with Crippen LogP contribution in [0.1, 0.15) is 17.1 Å². The molecule has 0 saturated carbocycles. The van der Waals surface area contributed by atoms with Crippen molar-refractivity contribution in [3.63, 3.8) is 0 Å². The maximum absolute atomic E-state index is 13.0. The fraction of sp³-hybridized carbons (Fsp3) is 0.158. The average Bonchev–Trinajstić information content (AvgIpc) is 3.02. The minimum Gasteiger partial charge on any atom is -0.397 e. The summed E-state index contributed by atoms with van der Waals surface area (Å²) in [7, 11) is 0. The number of ether oxygens (including phenoxy) is 1. The SMILES string of the molecule is CSc1ccccc1-c1ccccc1NC(=O)Oc1sc(C)nc1C(F)F. The number of thioether (sulfide) groups is 1. The monoisotopic (exact) mass is 406 g/mol. The molecule has 3 rings (SSSR count). The minimum atomic E-state index is -2.81. The molecule has 0 bridgehead atoms. The Morgan fingerprint density at radius 2 is 1.81 bits per heavy atom. The van der Waals surface area contributed by atoms with Gasteiger partial charge in [0.2, 0.25) is 5.06 Å². The van der Waals surface area contributed by atoms with E-state index in [1.54, 1.807) is 30.8 Å². The Bertz CT molecular complexity index is 960. The van der Waals surface area contributed by atoms with E-state index < -0.39 is 18.2 Å². The van der Waals surface area contributed by atoms with Gasteiger partial charge in [0.05, 0.1) is 10.7 Å². The number of carbonyl (C=O) groups is 1. The number of benzene rings is 2. The van der Waals surface area contributed by atoms with Crippen LogP contribution < -0.4 is 10.1 Å². The molecule has 2 aromatic carbocycles. The van der Waals surface area contributed by atoms with Gasteiger partial charge < -0.3 is 4.74 Å². The van der Waals surface area contributed by atoms with Gasteiger partial charge in [-0.25, -0.2) is 18.6 Å². The lowest BCUT2D eigenvalue weighted by Gasteiger charge is -2.13. The largest absolute Gasteiger partial charge is 0.417 e. The van der Waals surface area contributed by atoms with E-state index in [0.717, 1.165) is 27.4 Å². The summed E-state index contributed by atoms with van der Waals surface area (Å²) >= 11 is 2.51. The first-order valence-corrected chi connectivity index (χ1v) is 10.0. The summed E-state index contributed by atoms with van der Waals surface area (Å²) in [4.78, 5) is 17.1. The Morgan fingerprint density at radius 3 is 2.52 bits per heavy atom. The smallest absolute Gasteiger partial charge is 0.397 e. The van der Waals surface area contributed by atoms with Crippen LogP contribution in [0.25, 0.3) is 11.1 Å². The summed E-state index contributed by atoms with van der Waals surface area (Å²) in [6.07, 6.45) is -1.67. The molecule has 0 fully saturated rings. The Kier molecular flexibility index (Phi) is 6.08. The van der Waals surface area contributed by atoms with E-state index in [1.807, 2.05) is 42.7 Å². The summed E-state index contributed by atoms with van der Waals surface area (Å²) in [5, 5.41) is 2.86. The number of nitrogens with zero attached hydrogens (tertiary/aromatic N) is 1. The molecule has 1 aromatic heterocycles. The van der Waals surface area contributed by atoms with E-state index in [1.165, 1.54) is 0 Å². The quantitative estimate of drug-likeness (QED) is 0.499. The molecule has 0 atom stereocenters. The molecule has 8 heteroatoms. The average molecular weight is 406 g/mol. The van der Waals surface area contributed by atoms with Crippen LogP contribution in [0.5, 0.6) is 5.06 Å². The van der Waals surface area contributed by atoms with Gasteiger partial charge in [0.1, 0.15) is 0 Å². The molecule has 4 nitrogen and oxygen atoms in total. The van der Waals surface area contributed by atoms with Crippen LogP contribution in [0.2, 0.25) is 0 Å². The molecule has 0 radical (unpaired) electrons. The molecule has 0 saturated heterocycles. The highest BCUT2D eigenvalue weighted by molar-refractivity contribution is 7.98. The van der Waals surface area contributed by atoms with Crippen LogP contribution in [0, 0.1) is 6.92 Å². The van der Waals surface area contributed by atoms with Crippen molar-refractivity contribution in [3.05, 3.63) is 59.2 Å². The fourth-order valence-corrected chi connectivity index (χ4v) is 3.93. The second kappa shape index (κ2) is 8.49. The lowest BCUT2D eigenvalue weighted by molar-refractivity contribution is 0.142. The van der Waals surface area contributed by atoms with Gasteiger partial charge in [-0.1, -0.05) is 47.7 Å². The summed E-state index contributed by atoms with van der Waals surface area (Å²) in [6.45, 7) is 1.58. The summed E-state index contributed by atoms with van der Waals surface area (Å²) in [6, 6.07) is 15.1. The van der Waals surface area contributed by atoms with Gasteiger partial charge in [-0.15, -0.1) is 11.8 Å². The van der Waals surface area contributed by atoms with Crippen LogP contribution in [0.15, 0.2) is 53.4 Å². The van der Waals surface area contributed by atoms with Crippen molar-refractivity contribution in [2.45, 2.75) is 18.2 Å². The molecular formula is C19H16F2N2O2S2. The predicted octanol–water partition coefficient (Wildman–Crippen LogP) is 6.39. The van der Waals surface area contributed by atoms with E-state index in [2.05, 4.69) is 10.3 Å². The van der Waals surface area contributed by atoms with Gasteiger partial charge >= 0.3 is 6.09 Å². The van der Waals surface area contributed by atoms with Gasteiger partial charge in [-0.05, 0) is 30.9 Å². The van der Waals surface area contributed by atoms with E-state index >= 15 is 0 Å². The zero-order valence-electron chi connectivity index (χ0n) is 14.5. The van der Waals surface area contributed by atoms with E-state index in [0.29, 0.717) is 10.7 Å². The van der Waals surface area contributed by atoms with Crippen LogP contribution in [0.3, 0.4) is 0 Å². The van der Waals surface area contributed by atoms with Crippen molar-refractivity contribution >= 4 is 34.9 Å². The number of para-hydroxylation sites is 1. The van der Waals surface area contributed by atoms with E-state index in [4.69, 9.17) is 4.74 Å². The van der Waals surface area contributed by atoms with Crippen molar-refractivity contribution in [2.24, 2.45) is 0 Å². The third-order valence-electron chi connectivity index (χ3n) is 3.68. The first-order chi connectivity index (χ1) is 13.0. The molecular weight excluding hydrogens is 390 g/mol. The van der Waals surface area contributed by atoms with Gasteiger partial charge in [-0.3, -0.25) is 5.32 Å². The van der Waals surface area contributed by atoms with Crippen molar-refractivity contribution in [3.8, 4) is 16.2 Å². The number of carbonyl (C=O) groups excluding carboxylic acids is 1. The number of amides is 1. The number of thiazole rings is 1. The number of hydrogen-bond acceptors (Lipinski definition) is 5. The zero-order chi connectivity index (χ0) is 19.4.